The van der Waals surface area contributed by atoms with Crippen LogP contribution in [0.1, 0.15) is 77.5 Å². The molecule has 1 atom stereocenters. The third-order valence-corrected chi connectivity index (χ3v) is 12.4. The number of aromatic nitrogens is 2. The lowest BCUT2D eigenvalue weighted by molar-refractivity contribution is -0.125. The number of methoxy groups -OCH3 is 2. The minimum absolute atomic E-state index is 0.0399. The maximum absolute atomic E-state index is 13.6. The zero-order valence-electron chi connectivity index (χ0n) is 37.7. The van der Waals surface area contributed by atoms with Gasteiger partial charge in [0.25, 0.3) is 5.91 Å². The van der Waals surface area contributed by atoms with Crippen LogP contribution in [0, 0.1) is 0 Å². The van der Waals surface area contributed by atoms with Crippen molar-refractivity contribution in [3.63, 3.8) is 0 Å². The Morgan fingerprint density at radius 2 is 1.68 bits per heavy atom. The molecule has 16 heteroatoms. The highest BCUT2D eigenvalue weighted by Crippen LogP contribution is 2.44. The normalized spacial score (nSPS) is 19.8. The van der Waals surface area contributed by atoms with Crippen LogP contribution in [0.3, 0.4) is 0 Å². The Morgan fingerprint density at radius 3 is 2.31 bits per heavy atom. The number of likely N-dealkylation sites (N-methyl/N-ethyl adjacent to an activating group) is 2. The van der Waals surface area contributed by atoms with Gasteiger partial charge in [-0.2, -0.15) is 0 Å². The van der Waals surface area contributed by atoms with E-state index < -0.39 is 17.3 Å². The molecule has 0 radical (unpaired) electrons. The Labute approximate surface area is 365 Å². The predicted molar refractivity (Wildman–Crippen MR) is 238 cm³/mol. The highest BCUT2D eigenvalue weighted by Gasteiger charge is 2.47. The van der Waals surface area contributed by atoms with E-state index in [-0.39, 0.29) is 36.9 Å². The Kier molecular flexibility index (Phi) is 13.5. The fraction of sp³-hybridized carbons (Fsp3) is 0.587. The number of anilines is 2. The molecule has 2 saturated heterocycles. The summed E-state index contributed by atoms with van der Waals surface area (Å²) in [5.74, 6) is 0.891. The first-order valence-corrected chi connectivity index (χ1v) is 22.0. The average molecular weight is 856 g/mol. The lowest BCUT2D eigenvalue weighted by atomic mass is 9.86. The molecule has 3 aromatic rings. The van der Waals surface area contributed by atoms with Gasteiger partial charge in [-0.25, -0.2) is 19.6 Å². The zero-order chi connectivity index (χ0) is 44.2. The molecule has 7 rings (SSSR count). The molecule has 4 heterocycles. The lowest BCUT2D eigenvalue weighted by Gasteiger charge is -2.45. The molecular weight excluding hydrogens is 791 g/mol. The quantitative estimate of drug-likeness (QED) is 0.213. The van der Waals surface area contributed by atoms with Crippen molar-refractivity contribution in [1.82, 2.24) is 35.3 Å². The van der Waals surface area contributed by atoms with Gasteiger partial charge >= 0.3 is 12.2 Å². The molecule has 2 aromatic carbocycles. The maximum Gasteiger partial charge on any atom is 0.409 e. The summed E-state index contributed by atoms with van der Waals surface area (Å²) in [4.78, 5) is 59.8. The van der Waals surface area contributed by atoms with E-state index in [1.54, 1.807) is 24.0 Å². The van der Waals surface area contributed by atoms with E-state index >= 15 is 0 Å². The summed E-state index contributed by atoms with van der Waals surface area (Å²) in [7, 11) is 6.58. The van der Waals surface area contributed by atoms with Gasteiger partial charge in [0.15, 0.2) is 5.60 Å². The SMILES string of the molecule is CNCCN(CC(OC1CC1)(c1ccccc1)c1nc(N2CCC(N3CCC(C)(NC(=O)OC(C)(C)C)CC3)CC2)nc2ccc(N3CN(C)C(=O)C=C3OC)cc12)C(=O)OC. The van der Waals surface area contributed by atoms with Gasteiger partial charge in [-0.3, -0.25) is 9.69 Å². The highest BCUT2D eigenvalue weighted by atomic mass is 16.6. The van der Waals surface area contributed by atoms with Crippen LogP contribution in [0.2, 0.25) is 0 Å². The molecule has 2 N–H and O–H groups in total. The second-order valence-corrected chi connectivity index (χ2v) is 18.3. The van der Waals surface area contributed by atoms with Crippen molar-refractivity contribution in [2.45, 2.75) is 95.1 Å². The average Bonchev–Trinajstić information content (AvgIpc) is 4.08. The number of benzene rings is 2. The highest BCUT2D eigenvalue weighted by molar-refractivity contribution is 5.92. The topological polar surface area (TPSA) is 154 Å². The molecule has 1 unspecified atom stereocenters. The number of ether oxygens (including phenoxy) is 4. The number of hydrogen-bond acceptors (Lipinski definition) is 13. The van der Waals surface area contributed by atoms with Crippen LogP contribution in [-0.2, 0) is 29.3 Å². The number of alkyl carbamates (subject to hydrolysis) is 1. The van der Waals surface area contributed by atoms with Crippen LogP contribution in [0.25, 0.3) is 10.9 Å². The standard InChI is InChI=1S/C46H65N9O7/c1-44(2,3)62-42(57)50-45(4)20-25-52(26-21-45)33-18-23-53(24-19-33)41-48-37-17-14-34(55-31-51(6)38(56)29-39(55)59-7)28-36(37)40(49-41)46(61-35-15-16-35,32-12-10-9-11-13-32)30-54(27-22-47-5)43(58)60-8/h9-14,17,28-29,33,35,47H,15-16,18-27,30-31H2,1-8H3,(H,50,57). The van der Waals surface area contributed by atoms with Crippen molar-refractivity contribution in [2.24, 2.45) is 0 Å². The number of hydrogen-bond donors (Lipinski definition) is 2. The number of nitrogens with one attached hydrogen (secondary N) is 2. The minimum atomic E-state index is -1.22. The fourth-order valence-electron chi connectivity index (χ4n) is 8.75. The van der Waals surface area contributed by atoms with Crippen molar-refractivity contribution < 1.29 is 33.3 Å². The molecule has 3 fully saturated rings. The fourth-order valence-corrected chi connectivity index (χ4v) is 8.75. The van der Waals surface area contributed by atoms with E-state index in [1.807, 2.05) is 81.2 Å². The summed E-state index contributed by atoms with van der Waals surface area (Å²) >= 11 is 0. The number of piperidine rings is 2. The number of likely N-dealkylation sites (tertiary alicyclic amines) is 1. The van der Waals surface area contributed by atoms with Crippen molar-refractivity contribution >= 4 is 40.6 Å². The van der Waals surface area contributed by atoms with Crippen LogP contribution in [0.15, 0.2) is 60.5 Å². The first-order chi connectivity index (χ1) is 29.6. The van der Waals surface area contributed by atoms with Gasteiger partial charge in [-0.15, -0.1) is 0 Å². The molecule has 16 nitrogen and oxygen atoms in total. The minimum Gasteiger partial charge on any atom is -0.482 e. The molecule has 3 amide bonds. The second kappa shape index (κ2) is 18.7. The van der Waals surface area contributed by atoms with Gasteiger partial charge in [-0.05, 0) is 97.0 Å². The summed E-state index contributed by atoms with van der Waals surface area (Å²) in [6.07, 6.45) is 5.95. The van der Waals surface area contributed by atoms with Gasteiger partial charge in [0.2, 0.25) is 11.8 Å². The molecule has 3 aliphatic heterocycles. The molecule has 336 valence electrons. The third-order valence-electron chi connectivity index (χ3n) is 12.4. The van der Waals surface area contributed by atoms with Crippen LogP contribution in [0.4, 0.5) is 21.2 Å². The van der Waals surface area contributed by atoms with E-state index in [0.717, 1.165) is 86.9 Å². The van der Waals surface area contributed by atoms with Gasteiger partial charge < -0.3 is 49.2 Å². The number of fused-ring (bicyclic) bond motifs is 1. The van der Waals surface area contributed by atoms with Crippen molar-refractivity contribution in [2.75, 3.05) is 90.6 Å². The Balaban J connectivity index is 1.26. The van der Waals surface area contributed by atoms with E-state index in [1.165, 1.54) is 13.2 Å². The van der Waals surface area contributed by atoms with Crippen molar-refractivity contribution in [3.05, 3.63) is 71.7 Å². The number of rotatable bonds is 14. The summed E-state index contributed by atoms with van der Waals surface area (Å²) < 4.78 is 23.9. The Hall–Kier alpha value is -5.19. The predicted octanol–water partition coefficient (Wildman–Crippen LogP) is 5.41. The third kappa shape index (κ3) is 10.2. The van der Waals surface area contributed by atoms with Gasteiger partial charge in [0, 0.05) is 69.0 Å². The lowest BCUT2D eigenvalue weighted by Crippen LogP contribution is -2.57. The molecule has 1 saturated carbocycles. The Bertz CT molecular complexity index is 2090. The monoisotopic (exact) mass is 856 g/mol. The molecule has 0 spiro atoms. The van der Waals surface area contributed by atoms with Crippen molar-refractivity contribution in [3.8, 4) is 0 Å². The zero-order valence-corrected chi connectivity index (χ0v) is 37.7. The molecular formula is C46H65N9O7. The van der Waals surface area contributed by atoms with Crippen LogP contribution >= 0.6 is 0 Å². The number of carbonyl (C=O) groups excluding carboxylic acids is 3. The Morgan fingerprint density at radius 1 is 0.968 bits per heavy atom. The van der Waals surface area contributed by atoms with E-state index in [0.29, 0.717) is 36.7 Å². The molecule has 1 aromatic heterocycles. The summed E-state index contributed by atoms with van der Waals surface area (Å²) in [6.45, 7) is 12.4. The van der Waals surface area contributed by atoms with E-state index in [4.69, 9.17) is 28.9 Å². The molecule has 62 heavy (non-hydrogen) atoms. The molecule has 0 bridgehead atoms. The second-order valence-electron chi connectivity index (χ2n) is 18.3. The first kappa shape index (κ1) is 44.9. The summed E-state index contributed by atoms with van der Waals surface area (Å²) in [6, 6.07) is 16.5. The van der Waals surface area contributed by atoms with Crippen LogP contribution < -0.4 is 20.4 Å². The summed E-state index contributed by atoms with van der Waals surface area (Å²) in [5, 5.41) is 7.09. The molecule has 1 aliphatic carbocycles. The van der Waals surface area contributed by atoms with Crippen LogP contribution in [0.5, 0.6) is 0 Å². The number of nitrogens with zero attached hydrogens (tertiary/aromatic N) is 7. The largest absolute Gasteiger partial charge is 0.482 e. The first-order valence-electron chi connectivity index (χ1n) is 22.0. The van der Waals surface area contributed by atoms with E-state index in [9.17, 15) is 14.4 Å². The maximum atomic E-state index is 13.6. The van der Waals surface area contributed by atoms with Gasteiger partial charge in [0.1, 0.15) is 12.3 Å². The van der Waals surface area contributed by atoms with E-state index in [2.05, 4.69) is 27.4 Å². The van der Waals surface area contributed by atoms with Gasteiger partial charge in [0.05, 0.1) is 44.2 Å². The summed E-state index contributed by atoms with van der Waals surface area (Å²) in [5.41, 5.74) is 0.939. The molecule has 4 aliphatic rings. The van der Waals surface area contributed by atoms with Gasteiger partial charge in [-0.1, -0.05) is 30.3 Å². The number of carbonyl (C=O) groups is 3. The number of amides is 3. The van der Waals surface area contributed by atoms with Crippen molar-refractivity contribution in [1.29, 1.82) is 0 Å². The smallest absolute Gasteiger partial charge is 0.409 e. The van der Waals surface area contributed by atoms with Crippen LogP contribution in [-0.4, -0.2) is 147 Å².